The topological polar surface area (TPSA) is 53.1 Å². The van der Waals surface area contributed by atoms with Crippen LogP contribution >= 0.6 is 0 Å². The molecule has 1 aromatic carbocycles. The average molecular weight is 227 g/mol. The molecule has 1 heterocycles. The molecule has 0 saturated heterocycles. The van der Waals surface area contributed by atoms with Crippen molar-refractivity contribution in [1.82, 2.24) is 9.55 Å². The number of ether oxygens (including phenoxy) is 1. The largest absolute Gasteiger partial charge is 0.497 e. The van der Waals surface area contributed by atoms with Gasteiger partial charge in [-0.2, -0.15) is 0 Å². The fourth-order valence-electron chi connectivity index (χ4n) is 1.59. The Morgan fingerprint density at radius 1 is 1.50 bits per heavy atom. The van der Waals surface area contributed by atoms with E-state index in [0.717, 1.165) is 0 Å². The molecule has 0 amide bonds. The van der Waals surface area contributed by atoms with Crippen molar-refractivity contribution in [2.45, 2.75) is 13.0 Å². The molecule has 0 radical (unpaired) electrons. The zero-order valence-corrected chi connectivity index (χ0v) is 8.65. The van der Waals surface area contributed by atoms with E-state index >= 15 is 0 Å². The average Bonchev–Trinajstić information content (AvgIpc) is 2.54. The van der Waals surface area contributed by atoms with Crippen molar-refractivity contribution < 1.29 is 13.5 Å². The standard InChI is InChI=1S/C10H11F2N3O/c1-16-6-2-3-8-7(4-6)14-10(13)15(8)5-9(11)12/h2-4,9H,5H2,1H3,(H2,13,14). The van der Waals surface area contributed by atoms with Crippen LogP contribution in [0.2, 0.25) is 0 Å². The van der Waals surface area contributed by atoms with E-state index in [1.165, 1.54) is 11.7 Å². The molecule has 1 aromatic heterocycles. The predicted octanol–water partition coefficient (Wildman–Crippen LogP) is 1.89. The van der Waals surface area contributed by atoms with Gasteiger partial charge in [-0.15, -0.1) is 0 Å². The number of imidazole rings is 1. The number of anilines is 1. The monoisotopic (exact) mass is 227 g/mol. The lowest BCUT2D eigenvalue weighted by Crippen LogP contribution is -2.09. The number of nitrogens with two attached hydrogens (primary N) is 1. The van der Waals surface area contributed by atoms with Gasteiger partial charge in [-0.25, -0.2) is 13.8 Å². The van der Waals surface area contributed by atoms with Crippen molar-refractivity contribution in [3.63, 3.8) is 0 Å². The van der Waals surface area contributed by atoms with Crippen LogP contribution in [-0.2, 0) is 6.54 Å². The summed E-state index contributed by atoms with van der Waals surface area (Å²) in [5.74, 6) is 0.706. The third kappa shape index (κ3) is 1.78. The van der Waals surface area contributed by atoms with Crippen LogP contribution < -0.4 is 10.5 Å². The van der Waals surface area contributed by atoms with Crippen LogP contribution in [0.3, 0.4) is 0 Å². The number of hydrogen-bond donors (Lipinski definition) is 1. The number of rotatable bonds is 3. The molecular weight excluding hydrogens is 216 g/mol. The van der Waals surface area contributed by atoms with Crippen LogP contribution in [0, 0.1) is 0 Å². The molecule has 16 heavy (non-hydrogen) atoms. The first-order valence-corrected chi connectivity index (χ1v) is 4.69. The van der Waals surface area contributed by atoms with Gasteiger partial charge in [0.1, 0.15) is 5.75 Å². The summed E-state index contributed by atoms with van der Waals surface area (Å²) >= 11 is 0. The molecule has 0 saturated carbocycles. The van der Waals surface area contributed by atoms with E-state index in [9.17, 15) is 8.78 Å². The van der Waals surface area contributed by atoms with Gasteiger partial charge < -0.3 is 15.0 Å². The first-order chi connectivity index (χ1) is 7.61. The van der Waals surface area contributed by atoms with Crippen LogP contribution in [0.4, 0.5) is 14.7 Å². The van der Waals surface area contributed by atoms with Crippen molar-refractivity contribution in [2.24, 2.45) is 0 Å². The lowest BCUT2D eigenvalue weighted by Gasteiger charge is -2.05. The molecule has 0 aliphatic heterocycles. The fraction of sp³-hybridized carbons (Fsp3) is 0.300. The molecule has 0 spiro atoms. The Morgan fingerprint density at radius 3 is 2.88 bits per heavy atom. The minimum absolute atomic E-state index is 0.0866. The highest BCUT2D eigenvalue weighted by Crippen LogP contribution is 2.23. The second-order valence-electron chi connectivity index (χ2n) is 3.33. The summed E-state index contributed by atoms with van der Waals surface area (Å²) in [6.07, 6.45) is -2.46. The Labute approximate surface area is 90.6 Å². The van der Waals surface area contributed by atoms with Gasteiger partial charge in [-0.3, -0.25) is 0 Å². The van der Waals surface area contributed by atoms with Gasteiger partial charge >= 0.3 is 0 Å². The molecule has 0 fully saturated rings. The normalized spacial score (nSPS) is 11.2. The van der Waals surface area contributed by atoms with E-state index in [1.54, 1.807) is 18.2 Å². The summed E-state index contributed by atoms with van der Waals surface area (Å²) in [5.41, 5.74) is 6.71. The Balaban J connectivity index is 2.53. The quantitative estimate of drug-likeness (QED) is 0.871. The zero-order valence-electron chi connectivity index (χ0n) is 8.65. The van der Waals surface area contributed by atoms with E-state index < -0.39 is 13.0 Å². The third-order valence-corrected chi connectivity index (χ3v) is 2.31. The van der Waals surface area contributed by atoms with Crippen molar-refractivity contribution in [3.05, 3.63) is 18.2 Å². The summed E-state index contributed by atoms with van der Waals surface area (Å²) < 4.78 is 31.0. The lowest BCUT2D eigenvalue weighted by molar-refractivity contribution is 0.128. The van der Waals surface area contributed by atoms with Gasteiger partial charge in [0.25, 0.3) is 6.43 Å². The van der Waals surface area contributed by atoms with Crippen LogP contribution in [0.25, 0.3) is 11.0 Å². The van der Waals surface area contributed by atoms with E-state index in [-0.39, 0.29) is 5.95 Å². The first-order valence-electron chi connectivity index (χ1n) is 4.69. The highest BCUT2D eigenvalue weighted by atomic mass is 19.3. The summed E-state index contributed by atoms with van der Waals surface area (Å²) in [6.45, 7) is -0.450. The van der Waals surface area contributed by atoms with Crippen molar-refractivity contribution >= 4 is 17.0 Å². The van der Waals surface area contributed by atoms with Crippen LogP contribution in [0.1, 0.15) is 0 Å². The maximum Gasteiger partial charge on any atom is 0.256 e. The van der Waals surface area contributed by atoms with Gasteiger partial charge in [0, 0.05) is 6.07 Å². The van der Waals surface area contributed by atoms with Gasteiger partial charge in [0.15, 0.2) is 0 Å². The molecule has 0 aliphatic carbocycles. The Hall–Kier alpha value is -1.85. The van der Waals surface area contributed by atoms with E-state index in [2.05, 4.69) is 4.98 Å². The number of nitrogens with zero attached hydrogens (tertiary/aromatic N) is 2. The smallest absolute Gasteiger partial charge is 0.256 e. The SMILES string of the molecule is COc1ccc2c(c1)nc(N)n2CC(F)F. The zero-order chi connectivity index (χ0) is 11.7. The Kier molecular flexibility index (Phi) is 2.64. The van der Waals surface area contributed by atoms with Crippen LogP contribution in [0.5, 0.6) is 5.75 Å². The molecule has 86 valence electrons. The van der Waals surface area contributed by atoms with Crippen LogP contribution in [0.15, 0.2) is 18.2 Å². The molecule has 2 aromatic rings. The highest BCUT2D eigenvalue weighted by Gasteiger charge is 2.12. The number of aromatic nitrogens is 2. The number of nitrogen functional groups attached to an aromatic ring is 1. The summed E-state index contributed by atoms with van der Waals surface area (Å²) in [5, 5.41) is 0. The third-order valence-electron chi connectivity index (χ3n) is 2.31. The summed E-state index contributed by atoms with van der Waals surface area (Å²) in [4.78, 5) is 4.00. The van der Waals surface area contributed by atoms with Gasteiger partial charge in [-0.05, 0) is 12.1 Å². The molecule has 6 heteroatoms. The number of fused-ring (bicyclic) bond motifs is 1. The summed E-state index contributed by atoms with van der Waals surface area (Å²) in [7, 11) is 1.53. The predicted molar refractivity (Wildman–Crippen MR) is 56.7 cm³/mol. The number of methoxy groups -OCH3 is 1. The lowest BCUT2D eigenvalue weighted by atomic mass is 10.3. The Morgan fingerprint density at radius 2 is 2.25 bits per heavy atom. The minimum Gasteiger partial charge on any atom is -0.497 e. The highest BCUT2D eigenvalue weighted by molar-refractivity contribution is 5.79. The van der Waals surface area contributed by atoms with Gasteiger partial charge in [-0.1, -0.05) is 0 Å². The maximum atomic E-state index is 12.3. The Bertz CT molecular complexity index is 510. The molecule has 0 aliphatic rings. The van der Waals surface area contributed by atoms with E-state index in [1.807, 2.05) is 0 Å². The molecule has 2 rings (SSSR count). The van der Waals surface area contributed by atoms with Gasteiger partial charge in [0.05, 0.1) is 24.7 Å². The minimum atomic E-state index is -2.46. The van der Waals surface area contributed by atoms with Crippen molar-refractivity contribution in [3.8, 4) is 5.75 Å². The second-order valence-corrected chi connectivity index (χ2v) is 3.33. The molecule has 2 N–H and O–H groups in total. The van der Waals surface area contributed by atoms with Crippen molar-refractivity contribution in [1.29, 1.82) is 0 Å². The maximum absolute atomic E-state index is 12.3. The first kappa shape index (κ1) is 10.7. The molecule has 0 bridgehead atoms. The second kappa shape index (κ2) is 3.96. The van der Waals surface area contributed by atoms with Crippen molar-refractivity contribution in [2.75, 3.05) is 12.8 Å². The fourth-order valence-corrected chi connectivity index (χ4v) is 1.59. The number of alkyl halides is 2. The molecule has 0 unspecified atom stereocenters. The number of hydrogen-bond acceptors (Lipinski definition) is 3. The van der Waals surface area contributed by atoms with E-state index in [0.29, 0.717) is 16.8 Å². The molecule has 0 atom stereocenters. The van der Waals surface area contributed by atoms with Crippen LogP contribution in [-0.4, -0.2) is 23.1 Å². The number of halogens is 2. The number of benzene rings is 1. The summed E-state index contributed by atoms with van der Waals surface area (Å²) in [6, 6.07) is 5.01. The van der Waals surface area contributed by atoms with E-state index in [4.69, 9.17) is 10.5 Å². The molecular formula is C10H11F2N3O. The van der Waals surface area contributed by atoms with Gasteiger partial charge in [0.2, 0.25) is 5.95 Å². The molecule has 4 nitrogen and oxygen atoms in total.